The van der Waals surface area contributed by atoms with E-state index in [-0.39, 0.29) is 4.70 Å². The van der Waals surface area contributed by atoms with Gasteiger partial charge >= 0.3 is 0 Å². The third kappa shape index (κ3) is 3.19. The summed E-state index contributed by atoms with van der Waals surface area (Å²) in [7, 11) is 0. The van der Waals surface area contributed by atoms with Gasteiger partial charge in [-0.3, -0.25) is 4.70 Å². The van der Waals surface area contributed by atoms with E-state index in [1.165, 1.54) is 38.9 Å². The van der Waals surface area contributed by atoms with E-state index in [4.69, 9.17) is 0 Å². The van der Waals surface area contributed by atoms with Gasteiger partial charge in [-0.15, -0.1) is 0 Å². The fraction of sp³-hybridized carbons (Fsp3) is 1.00. The topological polar surface area (TPSA) is 3.24 Å². The third-order valence-electron chi connectivity index (χ3n) is 2.73. The molecule has 0 radical (unpaired) electrons. The fourth-order valence-electron chi connectivity index (χ4n) is 1.71. The van der Waals surface area contributed by atoms with Crippen molar-refractivity contribution in [2.75, 3.05) is 19.6 Å². The van der Waals surface area contributed by atoms with Gasteiger partial charge in [-0.25, -0.2) is 0 Å². The molecular weight excluding hydrogens is 141 g/mol. The molecule has 1 heterocycles. The van der Waals surface area contributed by atoms with Crippen molar-refractivity contribution in [3.63, 3.8) is 0 Å². The summed E-state index contributed by atoms with van der Waals surface area (Å²) in [6.07, 6.45) is 4.26. The molecule has 0 aromatic rings. The first-order chi connectivity index (χ1) is 4.86. The molecule has 0 aromatic carbocycles. The number of piperidine rings is 1. The SMILES string of the molecule is CCC1CCN(CC)CC1.F. The number of hydrogen-bond acceptors (Lipinski definition) is 1. The van der Waals surface area contributed by atoms with Crippen LogP contribution in [0.2, 0.25) is 0 Å². The Morgan fingerprint density at radius 2 is 1.73 bits per heavy atom. The zero-order valence-corrected chi connectivity index (χ0v) is 7.68. The monoisotopic (exact) mass is 161 g/mol. The second-order valence-electron chi connectivity index (χ2n) is 3.29. The molecule has 0 bridgehead atoms. The molecule has 1 fully saturated rings. The van der Waals surface area contributed by atoms with Crippen molar-refractivity contribution in [1.29, 1.82) is 0 Å². The minimum absolute atomic E-state index is 0. The first kappa shape index (κ1) is 10.9. The number of nitrogens with zero attached hydrogens (tertiary/aromatic N) is 1. The predicted molar refractivity (Wildman–Crippen MR) is 47.6 cm³/mol. The first-order valence-electron chi connectivity index (χ1n) is 4.59. The van der Waals surface area contributed by atoms with Gasteiger partial charge in [-0.05, 0) is 38.4 Å². The van der Waals surface area contributed by atoms with E-state index in [9.17, 15) is 0 Å². The van der Waals surface area contributed by atoms with Crippen molar-refractivity contribution in [3.8, 4) is 0 Å². The van der Waals surface area contributed by atoms with Crippen LogP contribution in [0.15, 0.2) is 0 Å². The van der Waals surface area contributed by atoms with E-state index in [0.717, 1.165) is 5.92 Å². The summed E-state index contributed by atoms with van der Waals surface area (Å²) in [6, 6.07) is 0. The zero-order valence-electron chi connectivity index (χ0n) is 7.68. The third-order valence-corrected chi connectivity index (χ3v) is 2.73. The number of rotatable bonds is 2. The Labute approximate surface area is 69.1 Å². The molecule has 0 aliphatic carbocycles. The van der Waals surface area contributed by atoms with E-state index in [1.54, 1.807) is 0 Å². The Morgan fingerprint density at radius 1 is 1.18 bits per heavy atom. The van der Waals surface area contributed by atoms with Crippen molar-refractivity contribution in [2.24, 2.45) is 5.92 Å². The van der Waals surface area contributed by atoms with Gasteiger partial charge in [0.15, 0.2) is 0 Å². The molecule has 1 saturated heterocycles. The molecule has 0 saturated carbocycles. The van der Waals surface area contributed by atoms with Crippen LogP contribution < -0.4 is 0 Å². The van der Waals surface area contributed by atoms with Crippen molar-refractivity contribution >= 4 is 0 Å². The first-order valence-corrected chi connectivity index (χ1v) is 4.59. The largest absolute Gasteiger partial charge is 0.304 e. The maximum absolute atomic E-state index is 2.55. The molecular formula is C9H20FN. The van der Waals surface area contributed by atoms with Crippen LogP contribution in [-0.2, 0) is 0 Å². The molecule has 0 unspecified atom stereocenters. The van der Waals surface area contributed by atoms with Gasteiger partial charge in [0.2, 0.25) is 0 Å². The lowest BCUT2D eigenvalue weighted by Gasteiger charge is -2.30. The number of halogens is 1. The molecule has 0 aromatic heterocycles. The van der Waals surface area contributed by atoms with Crippen molar-refractivity contribution < 1.29 is 4.70 Å². The van der Waals surface area contributed by atoms with Crippen LogP contribution in [-0.4, -0.2) is 24.5 Å². The lowest BCUT2D eigenvalue weighted by atomic mass is 9.95. The highest BCUT2D eigenvalue weighted by Crippen LogP contribution is 2.19. The summed E-state index contributed by atoms with van der Waals surface area (Å²) in [5.41, 5.74) is 0. The number of hydrogen-bond donors (Lipinski definition) is 0. The summed E-state index contributed by atoms with van der Waals surface area (Å²) in [6.45, 7) is 8.50. The maximum Gasteiger partial charge on any atom is -0.00162 e. The highest BCUT2D eigenvalue weighted by Gasteiger charge is 2.15. The fourth-order valence-corrected chi connectivity index (χ4v) is 1.71. The van der Waals surface area contributed by atoms with Crippen LogP contribution in [0.3, 0.4) is 0 Å². The maximum atomic E-state index is 2.55. The van der Waals surface area contributed by atoms with Crippen LogP contribution in [0.25, 0.3) is 0 Å². The van der Waals surface area contributed by atoms with E-state index in [2.05, 4.69) is 18.7 Å². The zero-order chi connectivity index (χ0) is 7.40. The molecule has 1 rings (SSSR count). The van der Waals surface area contributed by atoms with Crippen molar-refractivity contribution in [1.82, 2.24) is 4.90 Å². The van der Waals surface area contributed by atoms with E-state index in [1.807, 2.05) is 0 Å². The van der Waals surface area contributed by atoms with Crippen LogP contribution >= 0.6 is 0 Å². The Balaban J connectivity index is 0.000001000. The molecule has 0 atom stereocenters. The number of likely N-dealkylation sites (tertiary alicyclic amines) is 1. The van der Waals surface area contributed by atoms with E-state index in [0.29, 0.717) is 0 Å². The van der Waals surface area contributed by atoms with Gasteiger partial charge in [0, 0.05) is 0 Å². The highest BCUT2D eigenvalue weighted by atomic mass is 19.0. The summed E-state index contributed by atoms with van der Waals surface area (Å²) < 4.78 is 0. The molecule has 11 heavy (non-hydrogen) atoms. The van der Waals surface area contributed by atoms with Crippen molar-refractivity contribution in [3.05, 3.63) is 0 Å². The van der Waals surface area contributed by atoms with Gasteiger partial charge in [0.25, 0.3) is 0 Å². The lowest BCUT2D eigenvalue weighted by Crippen LogP contribution is -2.33. The van der Waals surface area contributed by atoms with E-state index < -0.39 is 0 Å². The van der Waals surface area contributed by atoms with E-state index >= 15 is 0 Å². The Hall–Kier alpha value is -0.110. The van der Waals surface area contributed by atoms with Gasteiger partial charge in [-0.1, -0.05) is 20.3 Å². The summed E-state index contributed by atoms with van der Waals surface area (Å²) in [5, 5.41) is 0. The molecule has 2 heteroatoms. The normalized spacial score (nSPS) is 21.3. The van der Waals surface area contributed by atoms with Crippen LogP contribution in [0.5, 0.6) is 0 Å². The van der Waals surface area contributed by atoms with Crippen molar-refractivity contribution in [2.45, 2.75) is 33.1 Å². The quantitative estimate of drug-likeness (QED) is 0.600. The second kappa shape index (κ2) is 5.53. The highest BCUT2D eigenvalue weighted by molar-refractivity contribution is 4.69. The minimum atomic E-state index is 0. The summed E-state index contributed by atoms with van der Waals surface area (Å²) >= 11 is 0. The Bertz CT molecular complexity index is 75.6. The molecule has 1 nitrogen and oxygen atoms in total. The Morgan fingerprint density at radius 3 is 2.09 bits per heavy atom. The summed E-state index contributed by atoms with van der Waals surface area (Å²) in [4.78, 5) is 2.55. The van der Waals surface area contributed by atoms with Gasteiger partial charge < -0.3 is 4.90 Å². The van der Waals surface area contributed by atoms with Crippen LogP contribution in [0.4, 0.5) is 4.70 Å². The molecule has 0 N–H and O–H groups in total. The Kier molecular flexibility index (Phi) is 5.47. The predicted octanol–water partition coefficient (Wildman–Crippen LogP) is 2.28. The summed E-state index contributed by atoms with van der Waals surface area (Å²) in [5.74, 6) is 1.03. The molecule has 1 aliphatic rings. The van der Waals surface area contributed by atoms with Gasteiger partial charge in [-0.2, -0.15) is 0 Å². The minimum Gasteiger partial charge on any atom is -0.304 e. The van der Waals surface area contributed by atoms with Gasteiger partial charge in [0.05, 0.1) is 0 Å². The molecule has 0 amide bonds. The standard InChI is InChI=1S/C9H19N.FH/c1-3-9-5-7-10(4-2)8-6-9;/h9H,3-8H2,1-2H3;1H. The second-order valence-corrected chi connectivity index (χ2v) is 3.29. The van der Waals surface area contributed by atoms with Gasteiger partial charge in [0.1, 0.15) is 0 Å². The molecule has 0 spiro atoms. The lowest BCUT2D eigenvalue weighted by molar-refractivity contribution is 0.190. The molecule has 68 valence electrons. The van der Waals surface area contributed by atoms with Crippen LogP contribution in [0.1, 0.15) is 33.1 Å². The average molecular weight is 161 g/mol. The van der Waals surface area contributed by atoms with Crippen LogP contribution in [0, 0.1) is 5.92 Å². The molecule has 1 aliphatic heterocycles. The smallest absolute Gasteiger partial charge is 0.00162 e. The average Bonchev–Trinajstić information content (AvgIpc) is 2.05.